The summed E-state index contributed by atoms with van der Waals surface area (Å²) >= 11 is 2.10. The molecule has 0 atom stereocenters. The van der Waals surface area contributed by atoms with Gasteiger partial charge < -0.3 is 19.8 Å². The van der Waals surface area contributed by atoms with Crippen molar-refractivity contribution in [2.45, 2.75) is 0 Å². The van der Waals surface area contributed by atoms with Gasteiger partial charge in [-0.1, -0.05) is 0 Å². The molecular formula is C13H9IN2O4. The van der Waals surface area contributed by atoms with Crippen molar-refractivity contribution < 1.29 is 14.6 Å². The zero-order valence-corrected chi connectivity index (χ0v) is 12.4. The molecule has 0 amide bonds. The molecule has 2 aromatic heterocycles. The van der Waals surface area contributed by atoms with Crippen LogP contribution in [0.3, 0.4) is 0 Å². The Morgan fingerprint density at radius 1 is 1.40 bits per heavy atom. The number of H-pyrrole nitrogens is 2. The zero-order chi connectivity index (χ0) is 14.4. The van der Waals surface area contributed by atoms with Crippen LogP contribution in [0.2, 0.25) is 0 Å². The number of carbonyl (C=O) groups is 1. The van der Waals surface area contributed by atoms with Gasteiger partial charge in [0.05, 0.1) is 21.8 Å². The lowest BCUT2D eigenvalue weighted by molar-refractivity contribution is 0.0699. The lowest BCUT2D eigenvalue weighted by atomic mass is 10.1. The second-order valence-electron chi connectivity index (χ2n) is 4.24. The Kier molecular flexibility index (Phi) is 2.93. The van der Waals surface area contributed by atoms with E-state index in [9.17, 15) is 14.7 Å². The number of aromatic carboxylic acids is 1. The van der Waals surface area contributed by atoms with Crippen LogP contribution in [-0.2, 0) is 0 Å². The smallest absolute Gasteiger partial charge is 0.337 e. The van der Waals surface area contributed by atoms with Crippen LogP contribution in [0.15, 0.2) is 23.1 Å². The van der Waals surface area contributed by atoms with Crippen molar-refractivity contribution in [3.8, 4) is 5.75 Å². The molecule has 0 saturated heterocycles. The Morgan fingerprint density at radius 3 is 2.80 bits per heavy atom. The van der Waals surface area contributed by atoms with Crippen molar-refractivity contribution in [1.82, 2.24) is 9.97 Å². The first-order valence-electron chi connectivity index (χ1n) is 5.67. The largest absolute Gasteiger partial charge is 0.496 e. The second-order valence-corrected chi connectivity index (χ2v) is 5.41. The van der Waals surface area contributed by atoms with E-state index in [-0.39, 0.29) is 16.6 Å². The highest BCUT2D eigenvalue weighted by Crippen LogP contribution is 2.31. The monoisotopic (exact) mass is 384 g/mol. The van der Waals surface area contributed by atoms with Gasteiger partial charge in [0.1, 0.15) is 11.3 Å². The lowest BCUT2D eigenvalue weighted by Crippen LogP contribution is -2.07. The fourth-order valence-electron chi connectivity index (χ4n) is 2.26. The van der Waals surface area contributed by atoms with E-state index in [2.05, 4.69) is 32.6 Å². The molecule has 3 aromatic rings. The highest BCUT2D eigenvalue weighted by molar-refractivity contribution is 14.1. The minimum absolute atomic E-state index is 0.0806. The third-order valence-electron chi connectivity index (χ3n) is 3.15. The summed E-state index contributed by atoms with van der Waals surface area (Å²) in [5.41, 5.74) is 0.526. The molecule has 0 aliphatic rings. The van der Waals surface area contributed by atoms with Crippen molar-refractivity contribution in [2.24, 2.45) is 0 Å². The maximum absolute atomic E-state index is 12.0. The summed E-state index contributed by atoms with van der Waals surface area (Å²) < 4.78 is 6.05. The molecule has 7 heteroatoms. The van der Waals surface area contributed by atoms with Crippen molar-refractivity contribution in [3.05, 3.63) is 37.8 Å². The Hall–Kier alpha value is -2.03. The SMILES string of the molecule is COc1cc2[nH]c(=O)c3[nH]cc(C(=O)O)c3c2cc1I. The summed E-state index contributed by atoms with van der Waals surface area (Å²) in [5, 5.41) is 10.3. The summed E-state index contributed by atoms with van der Waals surface area (Å²) in [6, 6.07) is 3.49. The standard InChI is InChI=1S/C13H9IN2O4/c1-20-9-3-8-5(2-7(9)14)10-6(13(18)19)4-15-11(10)12(17)16-8/h2-4,15H,1H3,(H,16,17)(H,18,19). The van der Waals surface area contributed by atoms with E-state index in [0.717, 1.165) is 3.57 Å². The highest BCUT2D eigenvalue weighted by Gasteiger charge is 2.17. The van der Waals surface area contributed by atoms with Gasteiger partial charge in [-0.2, -0.15) is 0 Å². The molecule has 102 valence electrons. The molecule has 0 unspecified atom stereocenters. The third kappa shape index (κ3) is 1.77. The maximum Gasteiger partial charge on any atom is 0.337 e. The Balaban J connectivity index is 2.57. The molecule has 0 aliphatic heterocycles. The third-order valence-corrected chi connectivity index (χ3v) is 3.99. The maximum atomic E-state index is 12.0. The average Bonchev–Trinajstić information content (AvgIpc) is 2.85. The van der Waals surface area contributed by atoms with Gasteiger partial charge in [0.15, 0.2) is 0 Å². The number of hydrogen-bond donors (Lipinski definition) is 3. The number of halogens is 1. The molecule has 3 N–H and O–H groups in total. The molecule has 0 aliphatic carbocycles. The predicted molar refractivity (Wildman–Crippen MR) is 82.7 cm³/mol. The number of rotatable bonds is 2. The Bertz CT molecular complexity index is 910. The molecule has 3 rings (SSSR count). The summed E-state index contributed by atoms with van der Waals surface area (Å²) in [4.78, 5) is 28.7. The van der Waals surface area contributed by atoms with Gasteiger partial charge in [0.2, 0.25) is 0 Å². The van der Waals surface area contributed by atoms with E-state index >= 15 is 0 Å². The van der Waals surface area contributed by atoms with Gasteiger partial charge in [-0.3, -0.25) is 4.79 Å². The molecule has 0 fully saturated rings. The fourth-order valence-corrected chi connectivity index (χ4v) is 2.94. The Morgan fingerprint density at radius 2 is 2.15 bits per heavy atom. The number of methoxy groups -OCH3 is 1. The van der Waals surface area contributed by atoms with E-state index < -0.39 is 5.97 Å². The number of carboxylic acids is 1. The quantitative estimate of drug-likeness (QED) is 0.591. The number of benzene rings is 1. The Labute approximate surface area is 125 Å². The molecular weight excluding hydrogens is 375 g/mol. The van der Waals surface area contributed by atoms with Crippen molar-refractivity contribution in [3.63, 3.8) is 0 Å². The zero-order valence-electron chi connectivity index (χ0n) is 10.3. The van der Waals surface area contributed by atoms with Gasteiger partial charge in [0.25, 0.3) is 5.56 Å². The van der Waals surface area contributed by atoms with Gasteiger partial charge >= 0.3 is 5.97 Å². The van der Waals surface area contributed by atoms with Crippen LogP contribution < -0.4 is 10.3 Å². The molecule has 0 radical (unpaired) electrons. The summed E-state index contributed by atoms with van der Waals surface area (Å²) in [5.74, 6) is -0.450. The summed E-state index contributed by atoms with van der Waals surface area (Å²) in [6.07, 6.45) is 1.33. The predicted octanol–water partition coefficient (Wildman–Crippen LogP) is 2.32. The van der Waals surface area contributed by atoms with Crippen LogP contribution in [-0.4, -0.2) is 28.2 Å². The van der Waals surface area contributed by atoms with Crippen LogP contribution in [0, 0.1) is 3.57 Å². The highest BCUT2D eigenvalue weighted by atomic mass is 127. The number of nitrogens with one attached hydrogen (secondary N) is 2. The number of hydrogen-bond acceptors (Lipinski definition) is 3. The first-order chi connectivity index (χ1) is 9.52. The van der Waals surface area contributed by atoms with E-state index in [1.165, 1.54) is 6.20 Å². The first kappa shape index (κ1) is 13.0. The lowest BCUT2D eigenvalue weighted by Gasteiger charge is -2.07. The molecule has 0 saturated carbocycles. The van der Waals surface area contributed by atoms with E-state index in [1.54, 1.807) is 19.2 Å². The topological polar surface area (TPSA) is 95.2 Å². The molecule has 6 nitrogen and oxygen atoms in total. The van der Waals surface area contributed by atoms with Crippen molar-refractivity contribution >= 4 is 50.4 Å². The normalized spacial score (nSPS) is 11.1. The molecule has 0 bridgehead atoms. The molecule has 0 spiro atoms. The minimum atomic E-state index is -1.08. The number of carboxylic acid groups (broad SMARTS) is 1. The number of fused-ring (bicyclic) bond motifs is 3. The van der Waals surface area contributed by atoms with Gasteiger partial charge in [-0.15, -0.1) is 0 Å². The molecule has 1 aromatic carbocycles. The molecule has 20 heavy (non-hydrogen) atoms. The average molecular weight is 384 g/mol. The summed E-state index contributed by atoms with van der Waals surface area (Å²) in [7, 11) is 1.54. The minimum Gasteiger partial charge on any atom is -0.496 e. The van der Waals surface area contributed by atoms with Crippen LogP contribution in [0.25, 0.3) is 21.8 Å². The number of ether oxygens (including phenoxy) is 1. The van der Waals surface area contributed by atoms with E-state index in [1.807, 2.05) is 0 Å². The van der Waals surface area contributed by atoms with Crippen LogP contribution in [0.4, 0.5) is 0 Å². The van der Waals surface area contributed by atoms with Gasteiger partial charge in [-0.05, 0) is 28.7 Å². The van der Waals surface area contributed by atoms with Crippen LogP contribution in [0.1, 0.15) is 10.4 Å². The number of pyridine rings is 1. The fraction of sp³-hybridized carbons (Fsp3) is 0.0769. The van der Waals surface area contributed by atoms with Crippen molar-refractivity contribution in [2.75, 3.05) is 7.11 Å². The molecule has 2 heterocycles. The van der Waals surface area contributed by atoms with Crippen LogP contribution in [0.5, 0.6) is 5.75 Å². The van der Waals surface area contributed by atoms with Crippen LogP contribution >= 0.6 is 22.6 Å². The van der Waals surface area contributed by atoms with E-state index in [4.69, 9.17) is 4.74 Å². The summed E-state index contributed by atoms with van der Waals surface area (Å²) in [6.45, 7) is 0. The van der Waals surface area contributed by atoms with Gasteiger partial charge in [0, 0.05) is 23.0 Å². The van der Waals surface area contributed by atoms with Gasteiger partial charge in [-0.25, -0.2) is 4.79 Å². The van der Waals surface area contributed by atoms with E-state index in [0.29, 0.717) is 22.0 Å². The first-order valence-corrected chi connectivity index (χ1v) is 6.74. The van der Waals surface area contributed by atoms with Crippen molar-refractivity contribution in [1.29, 1.82) is 0 Å². The number of aromatic nitrogens is 2. The second kappa shape index (κ2) is 4.51. The number of aromatic amines is 2.